The lowest BCUT2D eigenvalue weighted by atomic mass is 10.0. The Kier molecular flexibility index (Phi) is 17.1. The number of quaternary nitrogens is 1. The third-order valence-electron chi connectivity index (χ3n) is 5.58. The molecule has 0 radical (unpaired) electrons. The van der Waals surface area contributed by atoms with Crippen molar-refractivity contribution in [2.75, 3.05) is 33.3 Å². The summed E-state index contributed by atoms with van der Waals surface area (Å²) in [5.74, 6) is 0. The van der Waals surface area contributed by atoms with Crippen LogP contribution in [0.4, 0.5) is 0 Å². The lowest BCUT2D eigenvalue weighted by molar-refractivity contribution is -0.890. The summed E-state index contributed by atoms with van der Waals surface area (Å²) >= 11 is 0. The topological polar surface area (TPSA) is 57.5 Å². The van der Waals surface area contributed by atoms with Crippen LogP contribution < -0.4 is 0 Å². The maximum absolute atomic E-state index is 10.9. The highest BCUT2D eigenvalue weighted by Crippen LogP contribution is 2.35. The predicted octanol–water partition coefficient (Wildman–Crippen LogP) is 6.50. The Hall–Kier alpha value is 0.110. The average Bonchev–Trinajstić information content (AvgIpc) is 2.58. The molecule has 4 nitrogen and oxygen atoms in total. The highest BCUT2D eigenvalue weighted by atomic mass is 31.2. The number of hydrogen-bond donors (Lipinski definition) is 2. The average molecular weight is 407 g/mol. The molecule has 164 valence electrons. The van der Waals surface area contributed by atoms with E-state index in [1.165, 1.54) is 96.4 Å². The van der Waals surface area contributed by atoms with Crippen molar-refractivity contribution in [2.45, 2.75) is 110 Å². The van der Waals surface area contributed by atoms with Crippen molar-refractivity contribution in [1.29, 1.82) is 0 Å². The molecule has 0 aliphatic rings. The highest BCUT2D eigenvalue weighted by molar-refractivity contribution is 7.51. The van der Waals surface area contributed by atoms with Crippen molar-refractivity contribution in [3.05, 3.63) is 0 Å². The fourth-order valence-corrected chi connectivity index (χ4v) is 4.34. The molecule has 0 aliphatic carbocycles. The van der Waals surface area contributed by atoms with E-state index >= 15 is 0 Å². The first-order valence-corrected chi connectivity index (χ1v) is 13.4. The quantitative estimate of drug-likeness (QED) is 0.138. The van der Waals surface area contributed by atoms with E-state index in [2.05, 4.69) is 21.0 Å². The summed E-state index contributed by atoms with van der Waals surface area (Å²) in [6.45, 7) is 4.46. The minimum Gasteiger partial charge on any atom is -0.328 e. The molecule has 0 atom stereocenters. The molecule has 0 aromatic carbocycles. The van der Waals surface area contributed by atoms with E-state index in [4.69, 9.17) is 9.79 Å². The lowest BCUT2D eigenvalue weighted by Gasteiger charge is -2.30. The SMILES string of the molecule is CCCCCCCCCCCCCCCC[N+](C)(C)CCCCP(=O)(O)O. The molecule has 0 amide bonds. The third kappa shape index (κ3) is 22.3. The molecular formula is C22H49NO3P+. The largest absolute Gasteiger partial charge is 0.328 e. The van der Waals surface area contributed by atoms with Gasteiger partial charge in [-0.05, 0) is 25.7 Å². The number of nitrogens with zero attached hydrogens (tertiary/aromatic N) is 1. The van der Waals surface area contributed by atoms with Crippen molar-refractivity contribution in [1.82, 2.24) is 0 Å². The van der Waals surface area contributed by atoms with Crippen LogP contribution in [0.2, 0.25) is 0 Å². The van der Waals surface area contributed by atoms with Gasteiger partial charge in [-0.25, -0.2) is 0 Å². The van der Waals surface area contributed by atoms with Gasteiger partial charge in [-0.3, -0.25) is 4.57 Å². The molecule has 0 fully saturated rings. The molecule has 0 bridgehead atoms. The second kappa shape index (κ2) is 17.0. The van der Waals surface area contributed by atoms with Crippen molar-refractivity contribution in [2.24, 2.45) is 0 Å². The fourth-order valence-electron chi connectivity index (χ4n) is 3.70. The lowest BCUT2D eigenvalue weighted by Crippen LogP contribution is -2.41. The molecule has 0 aromatic rings. The maximum Gasteiger partial charge on any atom is 0.325 e. The Morgan fingerprint density at radius 2 is 0.926 bits per heavy atom. The summed E-state index contributed by atoms with van der Waals surface area (Å²) in [4.78, 5) is 17.8. The van der Waals surface area contributed by atoms with Gasteiger partial charge in [-0.1, -0.05) is 84.0 Å². The van der Waals surface area contributed by atoms with E-state index < -0.39 is 7.60 Å². The van der Waals surface area contributed by atoms with Crippen molar-refractivity contribution in [3.63, 3.8) is 0 Å². The molecule has 0 spiro atoms. The number of unbranched alkanes of at least 4 members (excludes halogenated alkanes) is 14. The molecule has 27 heavy (non-hydrogen) atoms. The molecule has 0 rings (SSSR count). The van der Waals surface area contributed by atoms with Crippen molar-refractivity contribution in [3.8, 4) is 0 Å². The molecule has 0 saturated carbocycles. The van der Waals surface area contributed by atoms with Crippen molar-refractivity contribution < 1.29 is 18.8 Å². The van der Waals surface area contributed by atoms with E-state index in [1.54, 1.807) is 0 Å². The van der Waals surface area contributed by atoms with Crippen LogP contribution >= 0.6 is 7.60 Å². The van der Waals surface area contributed by atoms with Crippen LogP contribution in [0.3, 0.4) is 0 Å². The van der Waals surface area contributed by atoms with E-state index in [-0.39, 0.29) is 6.16 Å². The Morgan fingerprint density at radius 1 is 0.593 bits per heavy atom. The van der Waals surface area contributed by atoms with E-state index in [0.717, 1.165) is 17.4 Å². The fraction of sp³-hybridized carbons (Fsp3) is 1.00. The van der Waals surface area contributed by atoms with Crippen LogP contribution in [-0.2, 0) is 4.57 Å². The summed E-state index contributed by atoms with van der Waals surface area (Å²) in [7, 11) is 0.665. The van der Waals surface area contributed by atoms with Crippen LogP contribution in [0.15, 0.2) is 0 Å². The van der Waals surface area contributed by atoms with Gasteiger partial charge in [-0.2, -0.15) is 0 Å². The first kappa shape index (κ1) is 27.1. The summed E-state index contributed by atoms with van der Waals surface area (Å²) in [6, 6.07) is 0. The van der Waals surface area contributed by atoms with E-state index in [1.807, 2.05) is 0 Å². The van der Waals surface area contributed by atoms with Gasteiger partial charge in [0.25, 0.3) is 0 Å². The molecule has 2 N–H and O–H groups in total. The van der Waals surface area contributed by atoms with E-state index in [9.17, 15) is 4.57 Å². The zero-order valence-electron chi connectivity index (χ0n) is 18.6. The molecule has 0 aliphatic heterocycles. The zero-order chi connectivity index (χ0) is 20.4. The molecule has 0 unspecified atom stereocenters. The summed E-state index contributed by atoms with van der Waals surface area (Å²) in [5.41, 5.74) is 0. The maximum atomic E-state index is 10.9. The Bertz CT molecular complexity index is 369. The van der Waals surface area contributed by atoms with Gasteiger partial charge in [0.15, 0.2) is 0 Å². The first-order valence-electron chi connectivity index (χ1n) is 11.6. The monoisotopic (exact) mass is 406 g/mol. The van der Waals surface area contributed by atoms with Crippen LogP contribution in [0.25, 0.3) is 0 Å². The Morgan fingerprint density at radius 3 is 1.30 bits per heavy atom. The molecule has 0 heterocycles. The normalized spacial score (nSPS) is 12.6. The van der Waals surface area contributed by atoms with Gasteiger partial charge in [-0.15, -0.1) is 0 Å². The van der Waals surface area contributed by atoms with Gasteiger partial charge in [0.05, 0.1) is 33.3 Å². The van der Waals surface area contributed by atoms with Crippen LogP contribution in [0, 0.1) is 0 Å². The van der Waals surface area contributed by atoms with E-state index in [0.29, 0.717) is 6.42 Å². The smallest absolute Gasteiger partial charge is 0.325 e. The first-order chi connectivity index (χ1) is 12.8. The number of rotatable bonds is 20. The molecule has 0 aromatic heterocycles. The van der Waals surface area contributed by atoms with Gasteiger partial charge in [0.1, 0.15) is 0 Å². The summed E-state index contributed by atoms with van der Waals surface area (Å²) in [5, 5.41) is 0. The van der Waals surface area contributed by atoms with Crippen LogP contribution in [-0.4, -0.2) is 47.6 Å². The Balaban J connectivity index is 3.34. The Labute approximate surface area is 169 Å². The van der Waals surface area contributed by atoms with Gasteiger partial charge in [0.2, 0.25) is 0 Å². The minimum atomic E-state index is -3.81. The summed E-state index contributed by atoms with van der Waals surface area (Å²) in [6.07, 6.45) is 21.0. The van der Waals surface area contributed by atoms with Gasteiger partial charge < -0.3 is 14.3 Å². The highest BCUT2D eigenvalue weighted by Gasteiger charge is 2.16. The van der Waals surface area contributed by atoms with Crippen LogP contribution in [0.1, 0.15) is 110 Å². The third-order valence-corrected chi connectivity index (χ3v) is 6.48. The van der Waals surface area contributed by atoms with Crippen molar-refractivity contribution >= 4 is 7.60 Å². The predicted molar refractivity (Wildman–Crippen MR) is 118 cm³/mol. The molecule has 0 saturated heterocycles. The zero-order valence-corrected chi connectivity index (χ0v) is 19.5. The second-order valence-corrected chi connectivity index (χ2v) is 10.9. The van der Waals surface area contributed by atoms with Gasteiger partial charge >= 0.3 is 7.60 Å². The summed E-state index contributed by atoms with van der Waals surface area (Å²) < 4.78 is 11.8. The molecule has 5 heteroatoms. The number of hydrogen-bond acceptors (Lipinski definition) is 1. The molecular weight excluding hydrogens is 357 g/mol. The second-order valence-electron chi connectivity index (χ2n) is 9.07. The van der Waals surface area contributed by atoms with Gasteiger partial charge in [0, 0.05) is 0 Å². The minimum absolute atomic E-state index is 0.0336. The van der Waals surface area contributed by atoms with Crippen LogP contribution in [0.5, 0.6) is 0 Å². The standard InChI is InChI=1S/C22H48NO3P/c1-4-5-6-7-8-9-10-11-12-13-14-15-16-17-20-23(2,3)21-18-19-22-27(24,25)26/h4-22H2,1-3H3,(H-,24,25,26)/p+1.